The highest BCUT2D eigenvalue weighted by molar-refractivity contribution is 6.04. The summed E-state index contributed by atoms with van der Waals surface area (Å²) in [6.45, 7) is 6.10. The number of amides is 2. The molecule has 0 aromatic carbocycles. The molecular formula is C25H35F2N9O3. The summed E-state index contributed by atoms with van der Waals surface area (Å²) in [5.74, 6) is -1.01. The summed E-state index contributed by atoms with van der Waals surface area (Å²) in [5.41, 5.74) is 6.11. The normalized spacial score (nSPS) is 27.9. The van der Waals surface area contributed by atoms with Crippen molar-refractivity contribution in [3.63, 3.8) is 0 Å². The number of ether oxygens (including phenoxy) is 1. The van der Waals surface area contributed by atoms with Gasteiger partial charge in [-0.1, -0.05) is 0 Å². The number of fused-ring (bicyclic) bond motifs is 1. The highest BCUT2D eigenvalue weighted by atomic mass is 19.1. The summed E-state index contributed by atoms with van der Waals surface area (Å²) < 4.78 is 35.3. The van der Waals surface area contributed by atoms with Gasteiger partial charge in [-0.25, -0.2) is 18.3 Å². The summed E-state index contributed by atoms with van der Waals surface area (Å²) in [6, 6.07) is -0.604. The van der Waals surface area contributed by atoms with Crippen LogP contribution in [0.4, 0.5) is 14.6 Å². The molecule has 0 aliphatic carbocycles. The predicted octanol–water partition coefficient (Wildman–Crippen LogP) is -0.886. The molecule has 3 unspecified atom stereocenters. The number of aromatic nitrogens is 3. The van der Waals surface area contributed by atoms with Crippen molar-refractivity contribution in [2.75, 3.05) is 71.3 Å². The molecular weight excluding hydrogens is 512 g/mol. The number of carbonyl (C=O) groups is 2. The number of alkyl halides is 1. The number of nitrogens with two attached hydrogens (primary N) is 1. The van der Waals surface area contributed by atoms with Crippen molar-refractivity contribution >= 4 is 23.3 Å². The number of rotatable bonds is 5. The smallest absolute Gasteiger partial charge is 0.259 e. The number of nitrogens with zero attached hydrogens (tertiary/aromatic N) is 6. The third kappa shape index (κ3) is 5.17. The van der Waals surface area contributed by atoms with Crippen molar-refractivity contribution in [2.24, 2.45) is 5.92 Å². The fraction of sp³-hybridized carbons (Fsp3) is 0.680. The Balaban J connectivity index is 1.07. The summed E-state index contributed by atoms with van der Waals surface area (Å²) in [5, 5.41) is 9.93. The SMILES string of the molecule is Nc1nn2cc(F)cnc2c1C(=O)NC1CNCC(F)C1N1CCN(C(=O)C2CCN(C3COC3)CC2)CC1. The van der Waals surface area contributed by atoms with E-state index in [4.69, 9.17) is 10.5 Å². The minimum absolute atomic E-state index is 0.0287. The number of piperidine rings is 2. The van der Waals surface area contributed by atoms with Crippen molar-refractivity contribution in [3.05, 3.63) is 23.8 Å². The quantitative estimate of drug-likeness (QED) is 0.436. The van der Waals surface area contributed by atoms with Crippen LogP contribution in [0.1, 0.15) is 23.2 Å². The van der Waals surface area contributed by atoms with Crippen LogP contribution >= 0.6 is 0 Å². The lowest BCUT2D eigenvalue weighted by Gasteiger charge is -2.46. The molecule has 6 rings (SSSR count). The Hall–Kier alpha value is -2.94. The van der Waals surface area contributed by atoms with Gasteiger partial charge in [-0.05, 0) is 25.9 Å². The fourth-order valence-electron chi connectivity index (χ4n) is 6.32. The molecule has 6 heterocycles. The number of nitrogen functional groups attached to an aromatic ring is 1. The van der Waals surface area contributed by atoms with E-state index in [0.29, 0.717) is 38.8 Å². The zero-order chi connectivity index (χ0) is 27.1. The van der Waals surface area contributed by atoms with Crippen molar-refractivity contribution < 1.29 is 23.1 Å². The van der Waals surface area contributed by atoms with Gasteiger partial charge in [0.1, 0.15) is 11.7 Å². The van der Waals surface area contributed by atoms with Crippen LogP contribution in [0.15, 0.2) is 12.4 Å². The maximum Gasteiger partial charge on any atom is 0.259 e. The van der Waals surface area contributed by atoms with Gasteiger partial charge in [-0.3, -0.25) is 19.4 Å². The van der Waals surface area contributed by atoms with E-state index in [9.17, 15) is 14.0 Å². The minimum Gasteiger partial charge on any atom is -0.381 e. The van der Waals surface area contributed by atoms with Gasteiger partial charge in [0.05, 0.1) is 43.7 Å². The Morgan fingerprint density at radius 3 is 2.51 bits per heavy atom. The van der Waals surface area contributed by atoms with E-state index >= 15 is 4.39 Å². The Morgan fingerprint density at radius 1 is 1.08 bits per heavy atom. The van der Waals surface area contributed by atoms with Gasteiger partial charge in [0, 0.05) is 45.2 Å². The molecule has 4 aliphatic heterocycles. The number of anilines is 1. The number of hydrogen-bond acceptors (Lipinski definition) is 9. The summed E-state index contributed by atoms with van der Waals surface area (Å²) in [6.07, 6.45) is 2.59. The Kier molecular flexibility index (Phi) is 7.35. The summed E-state index contributed by atoms with van der Waals surface area (Å²) in [4.78, 5) is 36.8. The van der Waals surface area contributed by atoms with Crippen molar-refractivity contribution in [2.45, 2.75) is 37.1 Å². The second-order valence-electron chi connectivity index (χ2n) is 10.9. The molecule has 212 valence electrons. The average Bonchev–Trinajstić information content (AvgIpc) is 3.23. The molecule has 0 radical (unpaired) electrons. The number of hydrogen-bond donors (Lipinski definition) is 3. The van der Waals surface area contributed by atoms with Gasteiger partial charge in [0.25, 0.3) is 5.91 Å². The molecule has 2 aromatic rings. The molecule has 14 heteroatoms. The van der Waals surface area contributed by atoms with Gasteiger partial charge in [-0.15, -0.1) is 5.10 Å². The van der Waals surface area contributed by atoms with Crippen LogP contribution in [0.5, 0.6) is 0 Å². The minimum atomic E-state index is -1.21. The molecule has 4 aliphatic rings. The highest BCUT2D eigenvalue weighted by Gasteiger charge is 2.41. The lowest BCUT2D eigenvalue weighted by molar-refractivity contribution is -0.141. The van der Waals surface area contributed by atoms with E-state index in [1.165, 1.54) is 0 Å². The van der Waals surface area contributed by atoms with E-state index in [-0.39, 0.29) is 35.4 Å². The van der Waals surface area contributed by atoms with E-state index in [1.54, 1.807) is 0 Å². The van der Waals surface area contributed by atoms with E-state index in [0.717, 1.165) is 56.1 Å². The third-order valence-electron chi connectivity index (χ3n) is 8.56. The monoisotopic (exact) mass is 547 g/mol. The highest BCUT2D eigenvalue weighted by Crippen LogP contribution is 2.25. The van der Waals surface area contributed by atoms with Crippen molar-refractivity contribution in [1.82, 2.24) is 39.9 Å². The second-order valence-corrected chi connectivity index (χ2v) is 10.9. The van der Waals surface area contributed by atoms with Crippen LogP contribution in [-0.2, 0) is 9.53 Å². The molecule has 12 nitrogen and oxygen atoms in total. The zero-order valence-corrected chi connectivity index (χ0v) is 21.8. The van der Waals surface area contributed by atoms with Crippen LogP contribution in [0.3, 0.4) is 0 Å². The van der Waals surface area contributed by atoms with E-state index in [1.807, 2.05) is 9.80 Å². The maximum atomic E-state index is 15.3. The number of carbonyl (C=O) groups excluding carboxylic acids is 2. The second kappa shape index (κ2) is 10.9. The van der Waals surface area contributed by atoms with Crippen LogP contribution in [-0.4, -0.2) is 131 Å². The number of nitrogens with one attached hydrogen (secondary N) is 2. The molecule has 2 aromatic heterocycles. The van der Waals surface area contributed by atoms with Crippen LogP contribution in [0, 0.1) is 11.7 Å². The lowest BCUT2D eigenvalue weighted by Crippen LogP contribution is -2.67. The Morgan fingerprint density at radius 2 is 1.82 bits per heavy atom. The van der Waals surface area contributed by atoms with Crippen LogP contribution < -0.4 is 16.4 Å². The van der Waals surface area contributed by atoms with Gasteiger partial charge in [0.2, 0.25) is 5.91 Å². The third-order valence-corrected chi connectivity index (χ3v) is 8.56. The molecule has 0 spiro atoms. The van der Waals surface area contributed by atoms with Gasteiger partial charge in [0.15, 0.2) is 17.3 Å². The molecule has 0 saturated carbocycles. The fourth-order valence-corrected chi connectivity index (χ4v) is 6.32. The standard InChI is InChI=1S/C25H35F2N9O3/c26-16-9-30-23-20(22(28)32-36(23)12-16)24(37)31-19-11-29-10-18(27)21(19)34-5-7-35(8-6-34)25(38)15-1-3-33(4-2-15)17-13-39-14-17/h9,12,15,17-19,21,29H,1-8,10-11,13-14H2,(H2,28,32)(H,31,37). The zero-order valence-electron chi connectivity index (χ0n) is 21.8. The largest absolute Gasteiger partial charge is 0.381 e. The molecule has 4 N–H and O–H groups in total. The molecule has 4 fully saturated rings. The van der Waals surface area contributed by atoms with Crippen molar-refractivity contribution in [1.29, 1.82) is 0 Å². The lowest BCUT2D eigenvalue weighted by atomic mass is 9.93. The van der Waals surface area contributed by atoms with Gasteiger partial charge >= 0.3 is 0 Å². The molecule has 2 amide bonds. The number of piperazine rings is 1. The van der Waals surface area contributed by atoms with Gasteiger partial charge < -0.3 is 26.0 Å². The number of likely N-dealkylation sites (tertiary alicyclic amines) is 1. The first-order valence-electron chi connectivity index (χ1n) is 13.7. The Bertz CT molecular complexity index is 1210. The van der Waals surface area contributed by atoms with E-state index in [2.05, 4.69) is 25.6 Å². The molecule has 3 atom stereocenters. The maximum absolute atomic E-state index is 15.3. The van der Waals surface area contributed by atoms with Crippen molar-refractivity contribution in [3.8, 4) is 0 Å². The van der Waals surface area contributed by atoms with Gasteiger partial charge in [-0.2, -0.15) is 0 Å². The first-order valence-corrected chi connectivity index (χ1v) is 13.7. The summed E-state index contributed by atoms with van der Waals surface area (Å²) >= 11 is 0. The predicted molar refractivity (Wildman–Crippen MR) is 137 cm³/mol. The van der Waals surface area contributed by atoms with E-state index < -0.39 is 30.0 Å². The molecule has 0 bridgehead atoms. The topological polar surface area (TPSA) is 133 Å². The Labute approximate surface area is 224 Å². The summed E-state index contributed by atoms with van der Waals surface area (Å²) in [7, 11) is 0. The molecule has 39 heavy (non-hydrogen) atoms. The number of halogens is 2. The van der Waals surface area contributed by atoms with Crippen LogP contribution in [0.25, 0.3) is 5.65 Å². The first kappa shape index (κ1) is 26.3. The molecule has 4 saturated heterocycles. The first-order chi connectivity index (χ1) is 18.9. The average molecular weight is 548 g/mol. The van der Waals surface area contributed by atoms with Crippen LogP contribution in [0.2, 0.25) is 0 Å².